The molecule has 1 aromatic carbocycles. The molecular weight excluding hydrogens is 276 g/mol. The number of anilines is 1. The van der Waals surface area contributed by atoms with Gasteiger partial charge in [0.2, 0.25) is 0 Å². The number of hydrazine groups is 1. The quantitative estimate of drug-likeness (QED) is 0.594. The van der Waals surface area contributed by atoms with Gasteiger partial charge in [0.15, 0.2) is 0 Å². The van der Waals surface area contributed by atoms with Gasteiger partial charge >= 0.3 is 0 Å². The first-order valence-corrected chi connectivity index (χ1v) is 6.46. The van der Waals surface area contributed by atoms with Crippen molar-refractivity contribution in [3.8, 4) is 5.75 Å². The van der Waals surface area contributed by atoms with Gasteiger partial charge in [-0.25, -0.2) is 10.4 Å². The van der Waals surface area contributed by atoms with E-state index in [1.807, 2.05) is 19.1 Å². The number of nitrogen functional groups attached to an aromatic ring is 1. The van der Waals surface area contributed by atoms with Gasteiger partial charge in [-0.2, -0.15) is 0 Å². The van der Waals surface area contributed by atoms with Crippen molar-refractivity contribution in [1.82, 2.24) is 10.4 Å². The van der Waals surface area contributed by atoms with E-state index in [0.29, 0.717) is 16.6 Å². The molecule has 0 aliphatic rings. The Morgan fingerprint density at radius 2 is 2.10 bits per heavy atom. The first-order valence-electron chi connectivity index (χ1n) is 6.09. The summed E-state index contributed by atoms with van der Waals surface area (Å²) in [7, 11) is 1.59. The average molecular weight is 293 g/mol. The molecule has 6 heteroatoms. The number of nitrogens with two attached hydrogens (primary N) is 2. The zero-order chi connectivity index (χ0) is 14.7. The van der Waals surface area contributed by atoms with E-state index in [-0.39, 0.29) is 6.04 Å². The third-order valence-corrected chi connectivity index (χ3v) is 3.44. The summed E-state index contributed by atoms with van der Waals surface area (Å²) in [6.07, 6.45) is 1.67. The van der Waals surface area contributed by atoms with Crippen LogP contribution in [0.3, 0.4) is 0 Å². The summed E-state index contributed by atoms with van der Waals surface area (Å²) in [6.45, 7) is 1.96. The molecule has 0 spiro atoms. The standard InChI is InChI=1S/C14H17ClN4O/c1-8-5-6-18-14(16)12(8)13(19-17)10-4-3-9(15)7-11(10)20-2/h3-7,13,19H,17H2,1-2H3,(H2,16,18). The molecule has 0 aliphatic heterocycles. The maximum absolute atomic E-state index is 5.98. The van der Waals surface area contributed by atoms with Gasteiger partial charge in [-0.05, 0) is 30.7 Å². The van der Waals surface area contributed by atoms with Crippen LogP contribution in [-0.4, -0.2) is 12.1 Å². The lowest BCUT2D eigenvalue weighted by Gasteiger charge is -2.22. The maximum atomic E-state index is 5.98. The SMILES string of the molecule is COc1cc(Cl)ccc1C(NN)c1c(C)ccnc1N. The van der Waals surface area contributed by atoms with Crippen LogP contribution in [0.15, 0.2) is 30.5 Å². The molecule has 0 amide bonds. The summed E-state index contributed by atoms with van der Waals surface area (Å²) in [6, 6.07) is 6.95. The number of benzene rings is 1. The Hall–Kier alpha value is -1.82. The van der Waals surface area contributed by atoms with Crippen molar-refractivity contribution in [3.05, 3.63) is 52.2 Å². The van der Waals surface area contributed by atoms with Crippen LogP contribution in [0.5, 0.6) is 5.75 Å². The second-order valence-electron chi connectivity index (χ2n) is 4.41. The van der Waals surface area contributed by atoms with Crippen LogP contribution in [0.25, 0.3) is 0 Å². The zero-order valence-electron chi connectivity index (χ0n) is 11.4. The van der Waals surface area contributed by atoms with Crippen molar-refractivity contribution >= 4 is 17.4 Å². The Bertz CT molecular complexity index is 598. The molecule has 1 heterocycles. The van der Waals surface area contributed by atoms with E-state index < -0.39 is 0 Å². The van der Waals surface area contributed by atoms with Gasteiger partial charge in [0, 0.05) is 22.3 Å². The van der Waals surface area contributed by atoms with Crippen molar-refractivity contribution in [3.63, 3.8) is 0 Å². The molecule has 106 valence electrons. The number of rotatable bonds is 4. The van der Waals surface area contributed by atoms with Crippen LogP contribution in [0.2, 0.25) is 5.02 Å². The molecule has 1 unspecified atom stereocenters. The lowest BCUT2D eigenvalue weighted by atomic mass is 9.95. The Balaban J connectivity index is 2.58. The van der Waals surface area contributed by atoms with Gasteiger partial charge in [0.05, 0.1) is 13.2 Å². The topological polar surface area (TPSA) is 86.2 Å². The molecule has 20 heavy (non-hydrogen) atoms. The van der Waals surface area contributed by atoms with Gasteiger partial charge in [-0.15, -0.1) is 0 Å². The number of hydrogen-bond donors (Lipinski definition) is 3. The van der Waals surface area contributed by atoms with E-state index in [1.54, 1.807) is 25.4 Å². The molecular formula is C14H17ClN4O. The highest BCUT2D eigenvalue weighted by Crippen LogP contribution is 2.34. The van der Waals surface area contributed by atoms with Crippen molar-refractivity contribution in [2.24, 2.45) is 5.84 Å². The minimum Gasteiger partial charge on any atom is -0.496 e. The van der Waals surface area contributed by atoms with Gasteiger partial charge < -0.3 is 10.5 Å². The number of ether oxygens (including phenoxy) is 1. The minimum atomic E-state index is -0.323. The third-order valence-electron chi connectivity index (χ3n) is 3.20. The van der Waals surface area contributed by atoms with Gasteiger partial charge in [-0.1, -0.05) is 17.7 Å². The van der Waals surface area contributed by atoms with Crippen molar-refractivity contribution < 1.29 is 4.74 Å². The highest BCUT2D eigenvalue weighted by Gasteiger charge is 2.21. The van der Waals surface area contributed by atoms with Crippen molar-refractivity contribution in [2.75, 3.05) is 12.8 Å². The summed E-state index contributed by atoms with van der Waals surface area (Å²) >= 11 is 5.98. The Morgan fingerprint density at radius 3 is 2.70 bits per heavy atom. The fourth-order valence-corrected chi connectivity index (χ4v) is 2.38. The minimum absolute atomic E-state index is 0.323. The monoisotopic (exact) mass is 292 g/mol. The average Bonchev–Trinajstić information content (AvgIpc) is 2.43. The molecule has 1 atom stereocenters. The number of nitrogens with zero attached hydrogens (tertiary/aromatic N) is 1. The molecule has 0 bridgehead atoms. The van der Waals surface area contributed by atoms with E-state index >= 15 is 0 Å². The summed E-state index contributed by atoms with van der Waals surface area (Å²) in [4.78, 5) is 4.12. The van der Waals surface area contributed by atoms with Crippen LogP contribution < -0.4 is 21.7 Å². The molecule has 0 fully saturated rings. The van der Waals surface area contributed by atoms with Crippen LogP contribution in [0.1, 0.15) is 22.7 Å². The molecule has 0 radical (unpaired) electrons. The molecule has 2 aromatic rings. The van der Waals surface area contributed by atoms with E-state index in [1.165, 1.54) is 0 Å². The fourth-order valence-electron chi connectivity index (χ4n) is 2.22. The predicted molar refractivity (Wildman–Crippen MR) is 80.6 cm³/mol. The summed E-state index contributed by atoms with van der Waals surface area (Å²) in [5.41, 5.74) is 11.4. The van der Waals surface area contributed by atoms with Crippen LogP contribution in [0.4, 0.5) is 5.82 Å². The second kappa shape index (κ2) is 6.09. The highest BCUT2D eigenvalue weighted by molar-refractivity contribution is 6.30. The van der Waals surface area contributed by atoms with E-state index in [0.717, 1.165) is 16.7 Å². The second-order valence-corrected chi connectivity index (χ2v) is 4.85. The summed E-state index contributed by atoms with van der Waals surface area (Å²) in [5.74, 6) is 6.79. The van der Waals surface area contributed by atoms with Crippen LogP contribution in [0, 0.1) is 6.92 Å². The maximum Gasteiger partial charge on any atom is 0.128 e. The smallest absolute Gasteiger partial charge is 0.128 e. The Labute approximate surface area is 122 Å². The molecule has 5 nitrogen and oxygen atoms in total. The Kier molecular flexibility index (Phi) is 4.44. The normalized spacial score (nSPS) is 12.2. The number of methoxy groups -OCH3 is 1. The first kappa shape index (κ1) is 14.6. The van der Waals surface area contributed by atoms with Gasteiger partial charge in [0.1, 0.15) is 11.6 Å². The number of aryl methyl sites for hydroxylation is 1. The zero-order valence-corrected chi connectivity index (χ0v) is 12.1. The van der Waals surface area contributed by atoms with Crippen molar-refractivity contribution in [2.45, 2.75) is 13.0 Å². The number of aromatic nitrogens is 1. The third kappa shape index (κ3) is 2.70. The van der Waals surface area contributed by atoms with Gasteiger partial charge in [0.25, 0.3) is 0 Å². The highest BCUT2D eigenvalue weighted by atomic mass is 35.5. The number of halogens is 1. The van der Waals surface area contributed by atoms with E-state index in [2.05, 4.69) is 10.4 Å². The molecule has 0 aliphatic carbocycles. The first-order chi connectivity index (χ1) is 9.58. The van der Waals surface area contributed by atoms with Crippen LogP contribution >= 0.6 is 11.6 Å². The molecule has 5 N–H and O–H groups in total. The predicted octanol–water partition coefficient (Wildman–Crippen LogP) is 2.19. The lowest BCUT2D eigenvalue weighted by Crippen LogP contribution is -2.30. The number of pyridine rings is 1. The molecule has 0 saturated carbocycles. The number of nitrogens with one attached hydrogen (secondary N) is 1. The van der Waals surface area contributed by atoms with E-state index in [4.69, 9.17) is 27.9 Å². The van der Waals surface area contributed by atoms with Crippen LogP contribution in [-0.2, 0) is 0 Å². The van der Waals surface area contributed by atoms with Gasteiger partial charge in [-0.3, -0.25) is 5.84 Å². The summed E-state index contributed by atoms with van der Waals surface area (Å²) < 4.78 is 5.37. The van der Waals surface area contributed by atoms with Crippen molar-refractivity contribution in [1.29, 1.82) is 0 Å². The van der Waals surface area contributed by atoms with E-state index in [9.17, 15) is 0 Å². The lowest BCUT2D eigenvalue weighted by molar-refractivity contribution is 0.404. The molecule has 0 saturated heterocycles. The Morgan fingerprint density at radius 1 is 1.35 bits per heavy atom. The molecule has 2 rings (SSSR count). The fraction of sp³-hybridized carbons (Fsp3) is 0.214. The largest absolute Gasteiger partial charge is 0.496 e. The number of hydrogen-bond acceptors (Lipinski definition) is 5. The summed E-state index contributed by atoms with van der Waals surface area (Å²) in [5, 5.41) is 0.595. The molecule has 1 aromatic heterocycles.